The Morgan fingerprint density at radius 3 is 2.95 bits per heavy atom. The summed E-state index contributed by atoms with van der Waals surface area (Å²) >= 11 is 0. The molecule has 1 fully saturated rings. The molecule has 0 radical (unpaired) electrons. The third-order valence-corrected chi connectivity index (χ3v) is 3.53. The van der Waals surface area contributed by atoms with E-state index in [-0.39, 0.29) is 6.79 Å². The van der Waals surface area contributed by atoms with Crippen molar-refractivity contribution >= 4 is 16.6 Å². The molecule has 19 heavy (non-hydrogen) atoms. The molecule has 0 bridgehead atoms. The van der Waals surface area contributed by atoms with E-state index in [0.717, 1.165) is 47.7 Å². The first-order valence-electron chi connectivity index (χ1n) is 6.43. The summed E-state index contributed by atoms with van der Waals surface area (Å²) in [5, 5.41) is 5.59. The maximum absolute atomic E-state index is 5.43. The number of anilines is 1. The van der Waals surface area contributed by atoms with Gasteiger partial charge in [-0.15, -0.1) is 0 Å². The van der Waals surface area contributed by atoms with Crippen LogP contribution in [0, 0.1) is 0 Å². The third kappa shape index (κ3) is 1.86. The molecule has 1 unspecified atom stereocenters. The zero-order valence-electron chi connectivity index (χ0n) is 10.4. The Kier molecular flexibility index (Phi) is 2.45. The van der Waals surface area contributed by atoms with E-state index >= 15 is 0 Å². The fourth-order valence-electron chi connectivity index (χ4n) is 2.52. The van der Waals surface area contributed by atoms with Gasteiger partial charge in [0.25, 0.3) is 0 Å². The van der Waals surface area contributed by atoms with Crippen molar-refractivity contribution in [3.63, 3.8) is 0 Å². The van der Waals surface area contributed by atoms with Crippen LogP contribution in [-0.2, 0) is 4.74 Å². The highest BCUT2D eigenvalue weighted by atomic mass is 16.7. The van der Waals surface area contributed by atoms with Gasteiger partial charge in [-0.05, 0) is 30.0 Å². The fourth-order valence-corrected chi connectivity index (χ4v) is 2.52. The number of ether oxygens (including phenoxy) is 3. The van der Waals surface area contributed by atoms with Crippen LogP contribution in [0.2, 0.25) is 0 Å². The highest BCUT2D eigenvalue weighted by Crippen LogP contribution is 2.37. The Bertz CT molecular complexity index is 623. The molecule has 4 rings (SSSR count). The van der Waals surface area contributed by atoms with Gasteiger partial charge in [0.1, 0.15) is 5.82 Å². The van der Waals surface area contributed by atoms with Crippen LogP contribution in [0.1, 0.15) is 6.42 Å². The smallest absolute Gasteiger partial charge is 0.231 e. The Morgan fingerprint density at radius 2 is 2.11 bits per heavy atom. The third-order valence-electron chi connectivity index (χ3n) is 3.53. The molecule has 5 nitrogen and oxygen atoms in total. The van der Waals surface area contributed by atoms with E-state index in [2.05, 4.69) is 10.3 Å². The van der Waals surface area contributed by atoms with Crippen molar-refractivity contribution in [2.75, 3.05) is 25.3 Å². The van der Waals surface area contributed by atoms with Crippen LogP contribution in [0.4, 0.5) is 5.82 Å². The minimum absolute atomic E-state index is 0.290. The number of fused-ring (bicyclic) bond motifs is 2. The Hall–Kier alpha value is -2.01. The highest BCUT2D eigenvalue weighted by Gasteiger charge is 2.19. The quantitative estimate of drug-likeness (QED) is 0.894. The number of nitrogens with one attached hydrogen (secondary N) is 1. The minimum Gasteiger partial charge on any atom is -0.454 e. The average Bonchev–Trinajstić information content (AvgIpc) is 3.07. The van der Waals surface area contributed by atoms with E-state index in [0.29, 0.717) is 6.04 Å². The van der Waals surface area contributed by atoms with Gasteiger partial charge in [-0.25, -0.2) is 4.98 Å². The van der Waals surface area contributed by atoms with Gasteiger partial charge in [-0.1, -0.05) is 0 Å². The van der Waals surface area contributed by atoms with Crippen LogP contribution in [0.25, 0.3) is 10.8 Å². The second-order valence-corrected chi connectivity index (χ2v) is 4.79. The average molecular weight is 258 g/mol. The maximum Gasteiger partial charge on any atom is 0.231 e. The summed E-state index contributed by atoms with van der Waals surface area (Å²) in [4.78, 5) is 4.43. The zero-order chi connectivity index (χ0) is 12.7. The lowest BCUT2D eigenvalue weighted by Crippen LogP contribution is -2.19. The molecule has 5 heteroatoms. The molecular weight excluding hydrogens is 244 g/mol. The summed E-state index contributed by atoms with van der Waals surface area (Å²) in [6.07, 6.45) is 2.82. The van der Waals surface area contributed by atoms with Crippen molar-refractivity contribution in [2.24, 2.45) is 0 Å². The number of pyridine rings is 1. The summed E-state index contributed by atoms with van der Waals surface area (Å²) in [5.74, 6) is 2.46. The van der Waals surface area contributed by atoms with Gasteiger partial charge >= 0.3 is 0 Å². The number of rotatable bonds is 2. The number of aromatic nitrogens is 1. The topological polar surface area (TPSA) is 52.6 Å². The van der Waals surface area contributed by atoms with Gasteiger partial charge in [0.05, 0.1) is 12.6 Å². The lowest BCUT2D eigenvalue weighted by Gasteiger charge is -2.13. The van der Waals surface area contributed by atoms with Gasteiger partial charge in [0, 0.05) is 18.2 Å². The van der Waals surface area contributed by atoms with Crippen LogP contribution >= 0.6 is 0 Å². The van der Waals surface area contributed by atoms with E-state index in [4.69, 9.17) is 14.2 Å². The second kappa shape index (κ2) is 4.28. The molecule has 2 aliphatic rings. The summed E-state index contributed by atoms with van der Waals surface area (Å²) in [6, 6.07) is 6.30. The second-order valence-electron chi connectivity index (χ2n) is 4.79. The predicted octanol–water partition coefficient (Wildman–Crippen LogP) is 2.16. The molecule has 1 saturated heterocycles. The van der Waals surface area contributed by atoms with Crippen molar-refractivity contribution < 1.29 is 14.2 Å². The molecule has 1 atom stereocenters. The molecule has 1 aromatic carbocycles. The Balaban J connectivity index is 1.77. The van der Waals surface area contributed by atoms with Crippen molar-refractivity contribution in [1.82, 2.24) is 4.98 Å². The first-order valence-corrected chi connectivity index (χ1v) is 6.43. The van der Waals surface area contributed by atoms with E-state index < -0.39 is 0 Å². The molecule has 1 N–H and O–H groups in total. The lowest BCUT2D eigenvalue weighted by atomic mass is 10.1. The predicted molar refractivity (Wildman–Crippen MR) is 70.7 cm³/mol. The van der Waals surface area contributed by atoms with E-state index in [9.17, 15) is 0 Å². The highest BCUT2D eigenvalue weighted by molar-refractivity contribution is 5.94. The number of hydrogen-bond acceptors (Lipinski definition) is 5. The molecule has 0 aliphatic carbocycles. The minimum atomic E-state index is 0.290. The first kappa shape index (κ1) is 10.9. The van der Waals surface area contributed by atoms with Crippen molar-refractivity contribution in [1.29, 1.82) is 0 Å². The van der Waals surface area contributed by atoms with Gasteiger partial charge in [-0.2, -0.15) is 0 Å². The van der Waals surface area contributed by atoms with Crippen LogP contribution in [0.15, 0.2) is 24.4 Å². The van der Waals surface area contributed by atoms with Crippen molar-refractivity contribution in [3.05, 3.63) is 24.4 Å². The molecule has 0 spiro atoms. The first-order chi connectivity index (χ1) is 9.40. The van der Waals surface area contributed by atoms with Crippen LogP contribution in [0.5, 0.6) is 11.5 Å². The summed E-state index contributed by atoms with van der Waals surface area (Å²) < 4.78 is 16.2. The van der Waals surface area contributed by atoms with Gasteiger partial charge in [0.2, 0.25) is 6.79 Å². The van der Waals surface area contributed by atoms with E-state index in [1.54, 1.807) is 0 Å². The Morgan fingerprint density at radius 1 is 1.21 bits per heavy atom. The fraction of sp³-hybridized carbons (Fsp3) is 0.357. The lowest BCUT2D eigenvalue weighted by molar-refractivity contribution is 0.174. The Labute approximate surface area is 110 Å². The van der Waals surface area contributed by atoms with E-state index in [1.165, 1.54) is 0 Å². The largest absolute Gasteiger partial charge is 0.454 e. The molecule has 0 amide bonds. The summed E-state index contributed by atoms with van der Waals surface area (Å²) in [5.41, 5.74) is 0. The monoisotopic (exact) mass is 258 g/mol. The molecule has 2 aromatic rings. The van der Waals surface area contributed by atoms with Gasteiger partial charge < -0.3 is 19.5 Å². The number of nitrogens with zero attached hydrogens (tertiary/aromatic N) is 1. The maximum atomic E-state index is 5.43. The number of hydrogen-bond donors (Lipinski definition) is 1. The standard InChI is InChI=1S/C14H14N2O3/c1-3-15-14(16-10-2-4-17-7-10)11-6-13-12(5-9(1)11)18-8-19-13/h1,3,5-6,10H,2,4,7-8H2,(H,15,16). The molecule has 98 valence electrons. The van der Waals surface area contributed by atoms with Crippen LogP contribution in [0.3, 0.4) is 0 Å². The van der Waals surface area contributed by atoms with Crippen molar-refractivity contribution in [3.8, 4) is 11.5 Å². The van der Waals surface area contributed by atoms with E-state index in [1.807, 2.05) is 24.4 Å². The molecule has 2 aliphatic heterocycles. The van der Waals surface area contributed by atoms with Crippen LogP contribution in [-0.4, -0.2) is 31.0 Å². The number of benzene rings is 1. The summed E-state index contributed by atoms with van der Waals surface area (Å²) in [6.45, 7) is 1.84. The molecule has 3 heterocycles. The SMILES string of the molecule is c1cc2cc3c(cc2c(NC2CCOC2)n1)OCO3. The zero-order valence-corrected chi connectivity index (χ0v) is 10.4. The summed E-state index contributed by atoms with van der Waals surface area (Å²) in [7, 11) is 0. The molecule has 1 aromatic heterocycles. The van der Waals surface area contributed by atoms with Crippen LogP contribution < -0.4 is 14.8 Å². The molecular formula is C14H14N2O3. The van der Waals surface area contributed by atoms with Gasteiger partial charge in [0.15, 0.2) is 11.5 Å². The van der Waals surface area contributed by atoms with Crippen molar-refractivity contribution in [2.45, 2.75) is 12.5 Å². The molecule has 0 saturated carbocycles. The normalized spacial score (nSPS) is 20.9. The van der Waals surface area contributed by atoms with Gasteiger partial charge in [-0.3, -0.25) is 0 Å².